The molecular weight excluding hydrogens is 591 g/mol. The zero-order valence-electron chi connectivity index (χ0n) is 28.7. The van der Waals surface area contributed by atoms with Gasteiger partial charge in [-0.15, -0.1) is 0 Å². The van der Waals surface area contributed by atoms with Gasteiger partial charge in [0.2, 0.25) is 5.91 Å². The summed E-state index contributed by atoms with van der Waals surface area (Å²) in [5.74, 6) is -0.653. The normalized spacial score (nSPS) is 15.4. The molecule has 0 rings (SSSR count). The third-order valence-corrected chi connectivity index (χ3v) is 8.93. The van der Waals surface area contributed by atoms with Crippen LogP contribution >= 0.6 is 7.82 Å². The largest absolute Gasteiger partial charge is 0.472 e. The number of allylic oxidation sites excluding steroid dienone is 3. The van der Waals surface area contributed by atoms with Crippen LogP contribution in [0.4, 0.5) is 0 Å². The molecule has 0 saturated carbocycles. The lowest BCUT2D eigenvalue weighted by Gasteiger charge is -2.24. The van der Waals surface area contributed by atoms with Crippen molar-refractivity contribution in [2.45, 2.75) is 173 Å². The van der Waals surface area contributed by atoms with Crippen molar-refractivity contribution < 1.29 is 33.5 Å². The van der Waals surface area contributed by atoms with E-state index >= 15 is 0 Å². The van der Waals surface area contributed by atoms with Gasteiger partial charge < -0.3 is 26.2 Å². The number of phosphoric ester groups is 1. The molecule has 0 fully saturated rings. The third-order valence-electron chi connectivity index (χ3n) is 7.94. The summed E-state index contributed by atoms with van der Waals surface area (Å²) in [6, 6.07) is -1.06. The van der Waals surface area contributed by atoms with Gasteiger partial charge in [0.05, 0.1) is 25.4 Å². The van der Waals surface area contributed by atoms with Crippen molar-refractivity contribution in [3.05, 3.63) is 24.3 Å². The highest BCUT2D eigenvalue weighted by Crippen LogP contribution is 2.43. The minimum absolute atomic E-state index is 0.0377. The van der Waals surface area contributed by atoms with Crippen molar-refractivity contribution >= 4 is 13.7 Å². The molecule has 0 aromatic carbocycles. The molecule has 6 N–H and O–H groups in total. The maximum atomic E-state index is 12.7. The predicted molar refractivity (Wildman–Crippen MR) is 186 cm³/mol. The standard InChI is InChI=1S/C35H69N2O7P/c1-3-5-7-9-11-13-15-16-17-18-20-22-24-26-28-34(39)35(40)37-32(31-44-45(41,42)43-30-29-36)33(38)27-25-23-21-19-14-12-10-8-6-4-2/h21,23,25,27,32-34,38-39H,3-20,22,24,26,28-31,36H2,1-2H3,(H,37,40)(H,41,42)/b23-21+,27-25+/t32-,33+,34?/m0/s1. The van der Waals surface area contributed by atoms with Crippen LogP contribution in [0.15, 0.2) is 24.3 Å². The molecule has 9 nitrogen and oxygen atoms in total. The van der Waals surface area contributed by atoms with E-state index in [0.29, 0.717) is 6.42 Å². The van der Waals surface area contributed by atoms with E-state index < -0.39 is 38.6 Å². The number of aliphatic hydroxyl groups is 2. The Bertz CT molecular complexity index is 781. The number of aliphatic hydroxyl groups excluding tert-OH is 2. The van der Waals surface area contributed by atoms with E-state index in [2.05, 4.69) is 19.2 Å². The molecule has 0 aliphatic rings. The van der Waals surface area contributed by atoms with Crippen LogP contribution in [0.3, 0.4) is 0 Å². The van der Waals surface area contributed by atoms with E-state index in [4.69, 9.17) is 14.8 Å². The van der Waals surface area contributed by atoms with E-state index in [1.807, 2.05) is 12.2 Å². The minimum atomic E-state index is -4.41. The van der Waals surface area contributed by atoms with Gasteiger partial charge in [0.1, 0.15) is 6.10 Å². The molecule has 0 spiro atoms. The number of hydrogen-bond acceptors (Lipinski definition) is 7. The molecule has 0 aromatic heterocycles. The van der Waals surface area contributed by atoms with Gasteiger partial charge in [-0.2, -0.15) is 0 Å². The number of rotatable bonds is 33. The molecule has 0 saturated heterocycles. The summed E-state index contributed by atoms with van der Waals surface area (Å²) in [6.07, 6.45) is 30.3. The summed E-state index contributed by atoms with van der Waals surface area (Å²) in [4.78, 5) is 22.6. The molecule has 0 aliphatic carbocycles. The van der Waals surface area contributed by atoms with Crippen LogP contribution in [0.25, 0.3) is 0 Å². The maximum Gasteiger partial charge on any atom is 0.472 e. The Morgan fingerprint density at radius 2 is 1.24 bits per heavy atom. The quantitative estimate of drug-likeness (QED) is 0.0270. The van der Waals surface area contributed by atoms with E-state index in [0.717, 1.165) is 38.5 Å². The number of nitrogens with two attached hydrogens (primary N) is 1. The Morgan fingerprint density at radius 3 is 1.76 bits per heavy atom. The van der Waals surface area contributed by atoms with Crippen molar-refractivity contribution in [2.24, 2.45) is 5.73 Å². The van der Waals surface area contributed by atoms with E-state index in [1.54, 1.807) is 6.08 Å². The molecule has 2 unspecified atom stereocenters. The minimum Gasteiger partial charge on any atom is -0.387 e. The number of amides is 1. The average Bonchev–Trinajstić information content (AvgIpc) is 3.02. The number of carbonyl (C=O) groups is 1. The van der Waals surface area contributed by atoms with Gasteiger partial charge >= 0.3 is 7.82 Å². The summed E-state index contributed by atoms with van der Waals surface area (Å²) in [6.45, 7) is 3.83. The summed E-state index contributed by atoms with van der Waals surface area (Å²) in [7, 11) is -4.41. The second-order valence-corrected chi connectivity index (χ2v) is 13.7. The zero-order chi connectivity index (χ0) is 33.4. The van der Waals surface area contributed by atoms with Crippen LogP contribution in [0.5, 0.6) is 0 Å². The first-order valence-corrected chi connectivity index (χ1v) is 19.6. The number of hydrogen-bond donors (Lipinski definition) is 5. The maximum absolute atomic E-state index is 12.7. The van der Waals surface area contributed by atoms with Gasteiger partial charge in [0, 0.05) is 6.54 Å². The fourth-order valence-electron chi connectivity index (χ4n) is 5.08. The second kappa shape index (κ2) is 31.5. The average molecular weight is 661 g/mol. The Kier molecular flexibility index (Phi) is 30.8. The Hall–Kier alpha value is -1.06. The zero-order valence-corrected chi connectivity index (χ0v) is 29.6. The Balaban J connectivity index is 4.49. The molecule has 4 atom stereocenters. The van der Waals surface area contributed by atoms with Crippen LogP contribution in [0.1, 0.15) is 155 Å². The molecule has 0 aliphatic heterocycles. The van der Waals surface area contributed by atoms with Gasteiger partial charge in [-0.05, 0) is 19.3 Å². The highest BCUT2D eigenvalue weighted by molar-refractivity contribution is 7.47. The van der Waals surface area contributed by atoms with E-state index in [9.17, 15) is 24.5 Å². The van der Waals surface area contributed by atoms with E-state index in [1.165, 1.54) is 102 Å². The first kappa shape index (κ1) is 43.9. The topological polar surface area (TPSA) is 151 Å². The molecule has 266 valence electrons. The highest BCUT2D eigenvalue weighted by atomic mass is 31.2. The third kappa shape index (κ3) is 28.9. The molecule has 0 aromatic rings. The lowest BCUT2D eigenvalue weighted by atomic mass is 10.0. The van der Waals surface area contributed by atoms with Gasteiger partial charge in [-0.25, -0.2) is 4.57 Å². The molecule has 45 heavy (non-hydrogen) atoms. The molecule has 1 amide bonds. The first-order chi connectivity index (χ1) is 21.8. The van der Waals surface area contributed by atoms with Gasteiger partial charge in [-0.3, -0.25) is 13.8 Å². The number of phosphoric acid groups is 1. The molecule has 0 radical (unpaired) electrons. The number of unbranched alkanes of at least 4 members (excludes halogenated alkanes) is 19. The van der Waals surface area contributed by atoms with Crippen LogP contribution in [-0.4, -0.2) is 59.0 Å². The highest BCUT2D eigenvalue weighted by Gasteiger charge is 2.28. The van der Waals surface area contributed by atoms with Crippen LogP contribution < -0.4 is 11.1 Å². The first-order valence-electron chi connectivity index (χ1n) is 18.1. The Labute approximate surface area is 275 Å². The van der Waals surface area contributed by atoms with Gasteiger partial charge in [-0.1, -0.05) is 160 Å². The fourth-order valence-corrected chi connectivity index (χ4v) is 5.84. The summed E-state index contributed by atoms with van der Waals surface area (Å²) in [5, 5.41) is 23.7. The predicted octanol–water partition coefficient (Wildman–Crippen LogP) is 8.02. The smallest absolute Gasteiger partial charge is 0.387 e. The van der Waals surface area contributed by atoms with Crippen LogP contribution in [0, 0.1) is 0 Å². The molecule has 10 heteroatoms. The molecular formula is C35H69N2O7P. The SMILES string of the molecule is CCCCCCCC/C=C/C=C/[C@@H](O)[C@H](COP(=O)(O)OCCN)NC(=O)C(O)CCCCCCCCCCCCCCCC. The summed E-state index contributed by atoms with van der Waals surface area (Å²) >= 11 is 0. The molecule has 0 heterocycles. The van der Waals surface area contributed by atoms with Crippen molar-refractivity contribution in [3.63, 3.8) is 0 Å². The van der Waals surface area contributed by atoms with E-state index in [-0.39, 0.29) is 13.2 Å². The van der Waals surface area contributed by atoms with Crippen LogP contribution in [-0.2, 0) is 18.4 Å². The second-order valence-electron chi connectivity index (χ2n) is 12.3. The number of nitrogens with one attached hydrogen (secondary N) is 1. The van der Waals surface area contributed by atoms with Crippen molar-refractivity contribution in [3.8, 4) is 0 Å². The lowest BCUT2D eigenvalue weighted by molar-refractivity contribution is -0.131. The van der Waals surface area contributed by atoms with Gasteiger partial charge in [0.15, 0.2) is 0 Å². The van der Waals surface area contributed by atoms with Crippen molar-refractivity contribution in [1.29, 1.82) is 0 Å². The lowest BCUT2D eigenvalue weighted by Crippen LogP contribution is -2.49. The van der Waals surface area contributed by atoms with Crippen LogP contribution in [0.2, 0.25) is 0 Å². The fraction of sp³-hybridized carbons (Fsp3) is 0.857. The monoisotopic (exact) mass is 660 g/mol. The van der Waals surface area contributed by atoms with Crippen molar-refractivity contribution in [2.75, 3.05) is 19.8 Å². The molecule has 0 bridgehead atoms. The Morgan fingerprint density at radius 1 is 0.756 bits per heavy atom. The van der Waals surface area contributed by atoms with Gasteiger partial charge in [0.25, 0.3) is 0 Å². The number of carbonyl (C=O) groups excluding carboxylic acids is 1. The summed E-state index contributed by atoms with van der Waals surface area (Å²) < 4.78 is 21.9. The van der Waals surface area contributed by atoms with Crippen molar-refractivity contribution in [1.82, 2.24) is 5.32 Å². The summed E-state index contributed by atoms with van der Waals surface area (Å²) in [5.41, 5.74) is 5.32.